The third-order valence-electron chi connectivity index (χ3n) is 8.67. The highest BCUT2D eigenvalue weighted by molar-refractivity contribution is 6.58. The maximum Gasteiger partial charge on any atom is 0.488 e. The molecule has 0 aromatic heterocycles. The van der Waals surface area contributed by atoms with Crippen LogP contribution in [0.4, 0.5) is 5.69 Å². The number of halogens is 2. The second-order valence-corrected chi connectivity index (χ2v) is 11.8. The van der Waals surface area contributed by atoms with Crippen molar-refractivity contribution in [3.8, 4) is 5.75 Å². The number of fused-ring (bicyclic) bond motifs is 4. The van der Waals surface area contributed by atoms with Crippen molar-refractivity contribution in [1.82, 2.24) is 4.90 Å². The summed E-state index contributed by atoms with van der Waals surface area (Å²) < 4.78 is 0. The van der Waals surface area contributed by atoms with Crippen LogP contribution in [0.3, 0.4) is 0 Å². The second-order valence-electron chi connectivity index (χ2n) is 10.6. The molecular formula is C27H23BCl2N2O7. The molecule has 0 bridgehead atoms. The second kappa shape index (κ2) is 8.66. The van der Waals surface area contributed by atoms with E-state index in [0.29, 0.717) is 11.1 Å². The van der Waals surface area contributed by atoms with Crippen molar-refractivity contribution in [2.75, 3.05) is 11.9 Å². The van der Waals surface area contributed by atoms with Gasteiger partial charge < -0.3 is 15.2 Å². The summed E-state index contributed by atoms with van der Waals surface area (Å²) in [5.41, 5.74) is 1.51. The van der Waals surface area contributed by atoms with Gasteiger partial charge in [0.15, 0.2) is 9.75 Å². The highest BCUT2D eigenvalue weighted by Gasteiger charge is 2.75. The molecule has 4 amide bonds. The van der Waals surface area contributed by atoms with Gasteiger partial charge in [0, 0.05) is 13.0 Å². The van der Waals surface area contributed by atoms with Crippen LogP contribution in [0.15, 0.2) is 60.2 Å². The minimum Gasteiger partial charge on any atom is -0.508 e. The lowest BCUT2D eigenvalue weighted by Gasteiger charge is -2.50. The summed E-state index contributed by atoms with van der Waals surface area (Å²) in [7, 11) is -0.464. The highest BCUT2D eigenvalue weighted by atomic mass is 35.5. The van der Waals surface area contributed by atoms with Crippen LogP contribution in [-0.2, 0) is 19.2 Å². The van der Waals surface area contributed by atoms with E-state index in [4.69, 9.17) is 23.2 Å². The lowest BCUT2D eigenvalue weighted by Crippen LogP contribution is -2.60. The zero-order chi connectivity index (χ0) is 28.0. The van der Waals surface area contributed by atoms with Gasteiger partial charge >= 0.3 is 7.12 Å². The van der Waals surface area contributed by atoms with Crippen LogP contribution in [-0.4, -0.2) is 67.6 Å². The molecule has 3 fully saturated rings. The number of carbonyl (C=O) groups excluding carboxylic acids is 4. The Hall–Kier alpha value is -3.18. The number of likely N-dealkylation sites (tertiary alicyclic amines) is 1. The molecule has 4 aliphatic rings. The van der Waals surface area contributed by atoms with Gasteiger partial charge in [-0.15, -0.1) is 23.2 Å². The Labute approximate surface area is 233 Å². The predicted octanol–water partition coefficient (Wildman–Crippen LogP) is 1.27. The lowest BCUT2D eigenvalue weighted by molar-refractivity contribution is -0.138. The average molecular weight is 569 g/mol. The van der Waals surface area contributed by atoms with Crippen LogP contribution in [0, 0.1) is 17.8 Å². The Kier molecular flexibility index (Phi) is 5.79. The largest absolute Gasteiger partial charge is 0.508 e. The number of alkyl halides is 2. The number of anilines is 1. The molecule has 6 atom stereocenters. The summed E-state index contributed by atoms with van der Waals surface area (Å²) in [4.78, 5) is 52.6. The molecule has 1 saturated carbocycles. The van der Waals surface area contributed by atoms with Crippen molar-refractivity contribution < 1.29 is 34.3 Å². The molecule has 6 rings (SSSR count). The van der Waals surface area contributed by atoms with Crippen LogP contribution in [0.2, 0.25) is 0 Å². The van der Waals surface area contributed by atoms with Crippen LogP contribution >= 0.6 is 23.2 Å². The maximum atomic E-state index is 13.9. The summed E-state index contributed by atoms with van der Waals surface area (Å²) in [5, 5.41) is 29.1. The monoisotopic (exact) mass is 568 g/mol. The van der Waals surface area contributed by atoms with Gasteiger partial charge in [-0.25, -0.2) is 0 Å². The number of carbonyl (C=O) groups is 4. The molecule has 2 heterocycles. The van der Waals surface area contributed by atoms with Gasteiger partial charge in [-0.1, -0.05) is 35.9 Å². The Balaban J connectivity index is 1.49. The molecule has 2 aromatic rings. The Morgan fingerprint density at radius 3 is 2.31 bits per heavy atom. The molecule has 2 saturated heterocycles. The van der Waals surface area contributed by atoms with Gasteiger partial charge in [-0.3, -0.25) is 29.0 Å². The minimum atomic E-state index is -1.89. The van der Waals surface area contributed by atoms with Crippen LogP contribution in [0.1, 0.15) is 24.3 Å². The molecule has 12 heteroatoms. The average Bonchev–Trinajstić information content (AvgIpc) is 3.24. The quantitative estimate of drug-likeness (QED) is 0.219. The Morgan fingerprint density at radius 2 is 1.64 bits per heavy atom. The van der Waals surface area contributed by atoms with Crippen molar-refractivity contribution in [3.05, 3.63) is 65.7 Å². The molecule has 3 N–H and O–H groups in total. The highest BCUT2D eigenvalue weighted by Crippen LogP contribution is 2.65. The summed E-state index contributed by atoms with van der Waals surface area (Å²) >= 11 is 14.2. The first kappa shape index (κ1) is 26.1. The van der Waals surface area contributed by atoms with Crippen LogP contribution < -0.4 is 10.4 Å². The van der Waals surface area contributed by atoms with Crippen molar-refractivity contribution in [1.29, 1.82) is 0 Å². The number of nitrogens with zero attached hydrogens (tertiary/aromatic N) is 2. The number of benzene rings is 2. The van der Waals surface area contributed by atoms with Gasteiger partial charge in [0.2, 0.25) is 11.8 Å². The number of phenolic OH excluding ortho intramolecular Hbond substituents is 1. The molecule has 200 valence electrons. The summed E-state index contributed by atoms with van der Waals surface area (Å²) in [6, 6.07) is 12.0. The van der Waals surface area contributed by atoms with Gasteiger partial charge in [0.25, 0.3) is 11.8 Å². The van der Waals surface area contributed by atoms with E-state index >= 15 is 0 Å². The number of hydrogen-bond acceptors (Lipinski definition) is 7. The van der Waals surface area contributed by atoms with Gasteiger partial charge in [0.05, 0.1) is 17.5 Å². The number of imide groups is 2. The van der Waals surface area contributed by atoms with E-state index in [1.54, 1.807) is 12.1 Å². The van der Waals surface area contributed by atoms with E-state index in [-0.39, 0.29) is 29.7 Å². The van der Waals surface area contributed by atoms with E-state index in [0.717, 1.165) is 9.80 Å². The zero-order valence-corrected chi connectivity index (χ0v) is 22.1. The Bertz CT molecular complexity index is 1480. The van der Waals surface area contributed by atoms with E-state index < -0.39 is 64.2 Å². The first-order chi connectivity index (χ1) is 18.4. The molecule has 2 aliphatic carbocycles. The molecule has 0 spiro atoms. The number of phenols is 1. The number of rotatable bonds is 3. The smallest absolute Gasteiger partial charge is 0.488 e. The molecule has 39 heavy (non-hydrogen) atoms. The third kappa shape index (κ3) is 3.35. The number of hydrogen-bond donors (Lipinski definition) is 3. The van der Waals surface area contributed by atoms with Gasteiger partial charge in [-0.2, -0.15) is 0 Å². The van der Waals surface area contributed by atoms with Crippen LogP contribution in [0.5, 0.6) is 5.75 Å². The topological polar surface area (TPSA) is 135 Å². The lowest BCUT2D eigenvalue weighted by atomic mass is 9.56. The number of aromatic hydroxyl groups is 1. The van der Waals surface area contributed by atoms with E-state index in [9.17, 15) is 34.3 Å². The van der Waals surface area contributed by atoms with Gasteiger partial charge in [0.1, 0.15) is 5.75 Å². The first-order valence-electron chi connectivity index (χ1n) is 12.4. The fourth-order valence-corrected chi connectivity index (χ4v) is 7.88. The minimum absolute atomic E-state index is 0.00191. The van der Waals surface area contributed by atoms with Crippen molar-refractivity contribution in [2.24, 2.45) is 17.8 Å². The summed E-state index contributed by atoms with van der Waals surface area (Å²) in [5.74, 6) is -5.45. The standard InChI is InChI=1S/C27H23BCl2N2O7/c1-31-24(36)26(29)12-19-17(21(27(26,30)25(31)37)13-5-7-16(33)8-6-13)9-10-18-20(19)23(35)32(22(18)34)15-4-2-3-14(11-15)28(38)39/h2-9,11,18-21,33,38-39H,10,12H2,1H3/t18-,19+,20-,21-,26+,27-/m0/s1. The Morgan fingerprint density at radius 1 is 0.949 bits per heavy atom. The fraction of sp³-hybridized carbons (Fsp3) is 0.333. The van der Waals surface area contributed by atoms with Gasteiger partial charge in [-0.05, 0) is 54.1 Å². The van der Waals surface area contributed by atoms with E-state index in [1.165, 1.54) is 43.4 Å². The number of allylic oxidation sites excluding steroid dienone is 2. The van der Waals surface area contributed by atoms with Crippen molar-refractivity contribution in [3.63, 3.8) is 0 Å². The normalized spacial score (nSPS) is 33.6. The molecule has 0 unspecified atom stereocenters. The SMILES string of the molecule is CN1C(=O)[C@]2(Cl)C[C@@H]3C(=CC[C@@H]4C(=O)N(c5cccc(B(O)O)c5)C(=O)[C@@H]43)[C@H](c3ccc(O)cc3)[C@]2(Cl)C1=O. The third-order valence-corrected chi connectivity index (χ3v) is 10.1. The molecule has 9 nitrogen and oxygen atoms in total. The van der Waals surface area contributed by atoms with Crippen molar-refractivity contribution in [2.45, 2.75) is 28.5 Å². The zero-order valence-electron chi connectivity index (χ0n) is 20.6. The molecular weight excluding hydrogens is 546 g/mol. The predicted molar refractivity (Wildman–Crippen MR) is 142 cm³/mol. The first-order valence-corrected chi connectivity index (χ1v) is 13.2. The van der Waals surface area contributed by atoms with E-state index in [1.807, 2.05) is 6.08 Å². The van der Waals surface area contributed by atoms with E-state index in [2.05, 4.69) is 0 Å². The molecule has 0 radical (unpaired) electrons. The van der Waals surface area contributed by atoms with Crippen molar-refractivity contribution >= 4 is 65.1 Å². The number of amides is 4. The summed E-state index contributed by atoms with van der Waals surface area (Å²) in [6.07, 6.45) is 1.90. The molecule has 2 aliphatic heterocycles. The fourth-order valence-electron chi connectivity index (χ4n) is 6.86. The molecule has 2 aromatic carbocycles. The van der Waals surface area contributed by atoms with Crippen LogP contribution in [0.25, 0.3) is 0 Å². The summed E-state index contributed by atoms with van der Waals surface area (Å²) in [6.45, 7) is 0. The maximum absolute atomic E-state index is 13.9.